The fraction of sp³-hybridized carbons (Fsp3) is 0.385. The van der Waals surface area contributed by atoms with E-state index >= 15 is 0 Å². The monoisotopic (exact) mass is 295 g/mol. The molecular formula is C13H17N3O3S. The zero-order chi connectivity index (χ0) is 14.2. The van der Waals surface area contributed by atoms with Gasteiger partial charge in [0.15, 0.2) is 0 Å². The first kappa shape index (κ1) is 14.9. The first-order chi connectivity index (χ1) is 9.75. The van der Waals surface area contributed by atoms with Gasteiger partial charge in [-0.25, -0.2) is 0 Å². The summed E-state index contributed by atoms with van der Waals surface area (Å²) in [6, 6.07) is 9.38. The number of aliphatic hydroxyl groups excluding tert-OH is 2. The minimum absolute atomic E-state index is 0.139. The fourth-order valence-corrected chi connectivity index (χ4v) is 2.00. The molecule has 1 aromatic heterocycles. The van der Waals surface area contributed by atoms with E-state index in [1.54, 1.807) is 0 Å². The maximum absolute atomic E-state index is 9.92. The van der Waals surface area contributed by atoms with Crippen molar-refractivity contribution in [2.24, 2.45) is 0 Å². The molecule has 3 N–H and O–H groups in total. The van der Waals surface area contributed by atoms with Crippen molar-refractivity contribution in [2.75, 3.05) is 19.7 Å². The Bertz CT molecular complexity index is 481. The van der Waals surface area contributed by atoms with Crippen LogP contribution in [0.5, 0.6) is 5.88 Å². The maximum atomic E-state index is 9.92. The minimum atomic E-state index is -0.667. The van der Waals surface area contributed by atoms with Crippen molar-refractivity contribution in [3.8, 4) is 5.88 Å². The Kier molecular flexibility index (Phi) is 5.87. The molecule has 108 valence electrons. The SMILES string of the molecule is OC(CNCC(O)c1ccccc1)COc1cnsn1. The van der Waals surface area contributed by atoms with E-state index in [1.807, 2.05) is 30.3 Å². The molecule has 2 atom stereocenters. The zero-order valence-electron chi connectivity index (χ0n) is 10.8. The maximum Gasteiger partial charge on any atom is 0.245 e. The van der Waals surface area contributed by atoms with Gasteiger partial charge in [0.25, 0.3) is 0 Å². The molecule has 6 nitrogen and oxygen atoms in total. The second-order valence-electron chi connectivity index (χ2n) is 4.30. The molecule has 0 spiro atoms. The molecule has 2 rings (SSSR count). The van der Waals surface area contributed by atoms with E-state index in [9.17, 15) is 10.2 Å². The molecule has 0 aliphatic rings. The second kappa shape index (κ2) is 7.91. The Hall–Kier alpha value is -1.54. The lowest BCUT2D eigenvalue weighted by Gasteiger charge is -2.15. The predicted octanol–water partition coefficient (Wildman–Crippen LogP) is 0.601. The molecule has 2 aromatic rings. The Balaban J connectivity index is 1.62. The Labute approximate surface area is 121 Å². The summed E-state index contributed by atoms with van der Waals surface area (Å²) in [7, 11) is 0. The Morgan fingerprint density at radius 3 is 2.70 bits per heavy atom. The van der Waals surface area contributed by atoms with Crippen LogP contribution in [0.4, 0.5) is 0 Å². The topological polar surface area (TPSA) is 87.5 Å². The molecular weight excluding hydrogens is 278 g/mol. The third-order valence-corrected chi connectivity index (χ3v) is 3.13. The van der Waals surface area contributed by atoms with Gasteiger partial charge in [-0.05, 0) is 5.56 Å². The van der Waals surface area contributed by atoms with E-state index in [2.05, 4.69) is 14.1 Å². The number of ether oxygens (including phenoxy) is 1. The van der Waals surface area contributed by atoms with Crippen molar-refractivity contribution in [1.29, 1.82) is 0 Å². The van der Waals surface area contributed by atoms with Gasteiger partial charge in [0.05, 0.1) is 17.8 Å². The molecule has 0 amide bonds. The number of nitrogens with zero attached hydrogens (tertiary/aromatic N) is 2. The summed E-state index contributed by atoms with van der Waals surface area (Å²) in [5, 5.41) is 22.6. The third-order valence-electron chi connectivity index (χ3n) is 2.67. The van der Waals surface area contributed by atoms with E-state index in [-0.39, 0.29) is 6.61 Å². The summed E-state index contributed by atoms with van der Waals surface area (Å²) < 4.78 is 12.9. The molecule has 1 aromatic carbocycles. The van der Waals surface area contributed by atoms with Crippen LogP contribution in [0, 0.1) is 0 Å². The molecule has 7 heteroatoms. The van der Waals surface area contributed by atoms with Crippen LogP contribution in [-0.4, -0.2) is 44.8 Å². The van der Waals surface area contributed by atoms with Crippen LogP contribution in [0.2, 0.25) is 0 Å². The zero-order valence-corrected chi connectivity index (χ0v) is 11.7. The number of rotatable bonds is 8. The van der Waals surface area contributed by atoms with E-state index in [0.717, 1.165) is 17.3 Å². The Morgan fingerprint density at radius 2 is 2.00 bits per heavy atom. The highest BCUT2D eigenvalue weighted by molar-refractivity contribution is 6.99. The average molecular weight is 295 g/mol. The first-order valence-corrected chi connectivity index (χ1v) is 7.01. The van der Waals surface area contributed by atoms with Crippen molar-refractivity contribution in [2.45, 2.75) is 12.2 Å². The van der Waals surface area contributed by atoms with Crippen LogP contribution in [0.25, 0.3) is 0 Å². The number of aromatic nitrogens is 2. The van der Waals surface area contributed by atoms with Gasteiger partial charge in [0.2, 0.25) is 5.88 Å². The van der Waals surface area contributed by atoms with Gasteiger partial charge < -0.3 is 20.3 Å². The molecule has 0 aliphatic carbocycles. The van der Waals surface area contributed by atoms with Crippen LogP contribution >= 0.6 is 11.7 Å². The third kappa shape index (κ3) is 4.86. The molecule has 0 bridgehead atoms. The number of nitrogens with one attached hydrogen (secondary N) is 1. The van der Waals surface area contributed by atoms with Crippen molar-refractivity contribution in [3.63, 3.8) is 0 Å². The van der Waals surface area contributed by atoms with Gasteiger partial charge in [0.1, 0.15) is 18.9 Å². The van der Waals surface area contributed by atoms with Crippen LogP contribution in [0.1, 0.15) is 11.7 Å². The summed E-state index contributed by atoms with van der Waals surface area (Å²) >= 11 is 1.06. The standard InChI is InChI=1S/C13H17N3O3S/c17-11(9-19-13-8-15-20-16-13)6-14-7-12(18)10-4-2-1-3-5-10/h1-5,8,11-12,14,17-18H,6-7,9H2. The minimum Gasteiger partial charge on any atom is -0.473 e. The van der Waals surface area contributed by atoms with Gasteiger partial charge in [-0.1, -0.05) is 30.3 Å². The molecule has 0 fully saturated rings. The van der Waals surface area contributed by atoms with Gasteiger partial charge in [-0.3, -0.25) is 0 Å². The lowest BCUT2D eigenvalue weighted by atomic mass is 10.1. The summed E-state index contributed by atoms with van der Waals surface area (Å²) in [6.07, 6.45) is 0.246. The average Bonchev–Trinajstić information content (AvgIpc) is 2.99. The lowest BCUT2D eigenvalue weighted by Crippen LogP contribution is -2.33. The first-order valence-electron chi connectivity index (χ1n) is 6.28. The van der Waals surface area contributed by atoms with Crippen molar-refractivity contribution in [1.82, 2.24) is 14.1 Å². The van der Waals surface area contributed by atoms with E-state index in [1.165, 1.54) is 6.20 Å². The van der Waals surface area contributed by atoms with E-state index < -0.39 is 12.2 Å². The molecule has 0 saturated heterocycles. The van der Waals surface area contributed by atoms with Gasteiger partial charge >= 0.3 is 0 Å². The number of benzene rings is 1. The van der Waals surface area contributed by atoms with Crippen LogP contribution < -0.4 is 10.1 Å². The molecule has 1 heterocycles. The molecule has 20 heavy (non-hydrogen) atoms. The van der Waals surface area contributed by atoms with Gasteiger partial charge in [-0.2, -0.15) is 4.37 Å². The number of aliphatic hydroxyl groups is 2. The van der Waals surface area contributed by atoms with Crippen molar-refractivity contribution in [3.05, 3.63) is 42.1 Å². The summed E-state index contributed by atoms with van der Waals surface area (Å²) in [4.78, 5) is 0. The quantitative estimate of drug-likeness (QED) is 0.661. The highest BCUT2D eigenvalue weighted by Crippen LogP contribution is 2.10. The second-order valence-corrected chi connectivity index (χ2v) is 4.85. The van der Waals surface area contributed by atoms with Crippen molar-refractivity contribution >= 4 is 11.7 Å². The molecule has 0 saturated carbocycles. The lowest BCUT2D eigenvalue weighted by molar-refractivity contribution is 0.0979. The fourth-order valence-electron chi connectivity index (χ4n) is 1.64. The predicted molar refractivity (Wildman–Crippen MR) is 75.7 cm³/mol. The highest BCUT2D eigenvalue weighted by Gasteiger charge is 2.09. The highest BCUT2D eigenvalue weighted by atomic mass is 32.1. The van der Waals surface area contributed by atoms with Crippen LogP contribution in [0.15, 0.2) is 36.5 Å². The summed E-state index contributed by atoms with van der Waals surface area (Å²) in [5.41, 5.74) is 0.847. The van der Waals surface area contributed by atoms with Gasteiger partial charge in [0, 0.05) is 13.1 Å². The molecule has 0 radical (unpaired) electrons. The van der Waals surface area contributed by atoms with Crippen LogP contribution in [0.3, 0.4) is 0 Å². The number of hydrogen-bond donors (Lipinski definition) is 3. The van der Waals surface area contributed by atoms with E-state index in [4.69, 9.17) is 4.74 Å². The van der Waals surface area contributed by atoms with Crippen LogP contribution in [-0.2, 0) is 0 Å². The molecule has 0 aliphatic heterocycles. The Morgan fingerprint density at radius 1 is 1.20 bits per heavy atom. The summed E-state index contributed by atoms with van der Waals surface area (Å²) in [5.74, 6) is 0.415. The largest absolute Gasteiger partial charge is 0.473 e. The smallest absolute Gasteiger partial charge is 0.245 e. The van der Waals surface area contributed by atoms with Gasteiger partial charge in [-0.15, -0.1) is 4.37 Å². The number of hydrogen-bond acceptors (Lipinski definition) is 7. The molecule has 2 unspecified atom stereocenters. The van der Waals surface area contributed by atoms with E-state index in [0.29, 0.717) is 19.0 Å². The summed E-state index contributed by atoms with van der Waals surface area (Å²) in [6.45, 7) is 0.848. The normalized spacial score (nSPS) is 13.9. The van der Waals surface area contributed by atoms with Crippen molar-refractivity contribution < 1.29 is 14.9 Å².